The minimum Gasteiger partial charge on any atom is -0.497 e. The number of nitrogens with one attached hydrogen (secondary N) is 1. The fourth-order valence-corrected chi connectivity index (χ4v) is 1.83. The molecule has 0 saturated heterocycles. The SMILES string of the molecule is CNCC(c1cccc(OC)c1)C(C)C. The molecule has 0 fully saturated rings. The summed E-state index contributed by atoms with van der Waals surface area (Å²) in [6.45, 7) is 5.51. The largest absolute Gasteiger partial charge is 0.497 e. The van der Waals surface area contributed by atoms with Gasteiger partial charge in [0.15, 0.2) is 0 Å². The smallest absolute Gasteiger partial charge is 0.119 e. The van der Waals surface area contributed by atoms with Crippen molar-refractivity contribution < 1.29 is 4.74 Å². The maximum atomic E-state index is 5.24. The Morgan fingerprint density at radius 3 is 2.60 bits per heavy atom. The quantitative estimate of drug-likeness (QED) is 0.801. The Bertz CT molecular complexity index is 296. The van der Waals surface area contributed by atoms with Gasteiger partial charge in [-0.1, -0.05) is 26.0 Å². The van der Waals surface area contributed by atoms with Crippen molar-refractivity contribution >= 4 is 0 Å². The van der Waals surface area contributed by atoms with Crippen LogP contribution in [0.3, 0.4) is 0 Å². The molecule has 1 atom stereocenters. The monoisotopic (exact) mass is 207 g/mol. The van der Waals surface area contributed by atoms with Crippen LogP contribution in [0, 0.1) is 5.92 Å². The molecule has 0 amide bonds. The van der Waals surface area contributed by atoms with E-state index in [1.54, 1.807) is 7.11 Å². The molecule has 1 aromatic carbocycles. The fourth-order valence-electron chi connectivity index (χ4n) is 1.83. The van der Waals surface area contributed by atoms with E-state index in [9.17, 15) is 0 Å². The van der Waals surface area contributed by atoms with Crippen molar-refractivity contribution in [2.45, 2.75) is 19.8 Å². The molecule has 1 rings (SSSR count). The summed E-state index contributed by atoms with van der Waals surface area (Å²) in [6.07, 6.45) is 0. The van der Waals surface area contributed by atoms with Crippen molar-refractivity contribution in [2.75, 3.05) is 20.7 Å². The van der Waals surface area contributed by atoms with E-state index in [0.717, 1.165) is 12.3 Å². The van der Waals surface area contributed by atoms with Gasteiger partial charge in [0.1, 0.15) is 5.75 Å². The highest BCUT2D eigenvalue weighted by Gasteiger charge is 2.15. The zero-order valence-electron chi connectivity index (χ0n) is 10.1. The van der Waals surface area contributed by atoms with Crippen LogP contribution in [0.1, 0.15) is 25.3 Å². The molecule has 0 aromatic heterocycles. The number of benzene rings is 1. The summed E-state index contributed by atoms with van der Waals surface area (Å²) in [7, 11) is 3.71. The van der Waals surface area contributed by atoms with Gasteiger partial charge in [-0.3, -0.25) is 0 Å². The third-order valence-corrected chi connectivity index (χ3v) is 2.75. The minimum atomic E-state index is 0.546. The molecule has 1 N–H and O–H groups in total. The lowest BCUT2D eigenvalue weighted by atomic mass is 9.88. The molecular weight excluding hydrogens is 186 g/mol. The van der Waals surface area contributed by atoms with Crippen LogP contribution in [-0.2, 0) is 0 Å². The number of hydrogen-bond donors (Lipinski definition) is 1. The van der Waals surface area contributed by atoms with Gasteiger partial charge in [-0.05, 0) is 36.6 Å². The summed E-state index contributed by atoms with van der Waals surface area (Å²) in [5, 5.41) is 3.24. The molecule has 1 unspecified atom stereocenters. The summed E-state index contributed by atoms with van der Waals surface area (Å²) in [5.41, 5.74) is 1.35. The molecule has 0 saturated carbocycles. The molecule has 2 nitrogen and oxygen atoms in total. The second kappa shape index (κ2) is 5.76. The Morgan fingerprint density at radius 1 is 1.33 bits per heavy atom. The molecule has 84 valence electrons. The van der Waals surface area contributed by atoms with Crippen LogP contribution in [0.15, 0.2) is 24.3 Å². The van der Waals surface area contributed by atoms with E-state index in [0.29, 0.717) is 11.8 Å². The van der Waals surface area contributed by atoms with Gasteiger partial charge in [-0.25, -0.2) is 0 Å². The van der Waals surface area contributed by atoms with Crippen LogP contribution < -0.4 is 10.1 Å². The van der Waals surface area contributed by atoms with Gasteiger partial charge < -0.3 is 10.1 Å². The molecule has 0 aliphatic heterocycles. The number of rotatable bonds is 5. The van der Waals surface area contributed by atoms with E-state index in [1.165, 1.54) is 5.56 Å². The molecule has 0 aliphatic carbocycles. The van der Waals surface area contributed by atoms with E-state index in [4.69, 9.17) is 4.74 Å². The van der Waals surface area contributed by atoms with Crippen molar-refractivity contribution in [3.63, 3.8) is 0 Å². The molecule has 0 spiro atoms. The first-order chi connectivity index (χ1) is 7.19. The molecular formula is C13H21NO. The third kappa shape index (κ3) is 3.24. The summed E-state index contributed by atoms with van der Waals surface area (Å²) in [6, 6.07) is 8.34. The molecule has 2 heteroatoms. The summed E-state index contributed by atoms with van der Waals surface area (Å²) in [5.74, 6) is 2.11. The first-order valence-electron chi connectivity index (χ1n) is 5.47. The fraction of sp³-hybridized carbons (Fsp3) is 0.538. The Labute approximate surface area is 92.6 Å². The Kier molecular flexibility index (Phi) is 4.63. The minimum absolute atomic E-state index is 0.546. The van der Waals surface area contributed by atoms with Crippen molar-refractivity contribution in [1.29, 1.82) is 0 Å². The maximum absolute atomic E-state index is 5.24. The van der Waals surface area contributed by atoms with Crippen LogP contribution in [0.25, 0.3) is 0 Å². The third-order valence-electron chi connectivity index (χ3n) is 2.75. The van der Waals surface area contributed by atoms with Crippen LogP contribution >= 0.6 is 0 Å². The Morgan fingerprint density at radius 2 is 2.07 bits per heavy atom. The second-order valence-electron chi connectivity index (χ2n) is 4.18. The highest BCUT2D eigenvalue weighted by molar-refractivity contribution is 5.31. The van der Waals surface area contributed by atoms with Crippen molar-refractivity contribution in [1.82, 2.24) is 5.32 Å². The average Bonchev–Trinajstić information content (AvgIpc) is 2.25. The lowest BCUT2D eigenvalue weighted by Crippen LogP contribution is -2.21. The van der Waals surface area contributed by atoms with Gasteiger partial charge in [-0.15, -0.1) is 0 Å². The predicted octanol–water partition coefficient (Wildman–Crippen LogP) is 2.65. The van der Waals surface area contributed by atoms with Crippen LogP contribution in [0.5, 0.6) is 5.75 Å². The summed E-state index contributed by atoms with van der Waals surface area (Å²) >= 11 is 0. The van der Waals surface area contributed by atoms with Crippen molar-refractivity contribution in [3.8, 4) is 5.75 Å². The molecule has 0 radical (unpaired) electrons. The standard InChI is InChI=1S/C13H21NO/c1-10(2)13(9-14-3)11-6-5-7-12(8-11)15-4/h5-8,10,13-14H,9H2,1-4H3. The molecule has 0 heterocycles. The van der Waals surface area contributed by atoms with Gasteiger partial charge in [0.2, 0.25) is 0 Å². The van der Waals surface area contributed by atoms with Gasteiger partial charge in [0, 0.05) is 6.54 Å². The number of methoxy groups -OCH3 is 1. The van der Waals surface area contributed by atoms with Gasteiger partial charge in [0.05, 0.1) is 7.11 Å². The normalized spacial score (nSPS) is 12.9. The zero-order valence-corrected chi connectivity index (χ0v) is 10.1. The van der Waals surface area contributed by atoms with E-state index >= 15 is 0 Å². The number of likely N-dealkylation sites (N-methyl/N-ethyl adjacent to an activating group) is 1. The highest BCUT2D eigenvalue weighted by Crippen LogP contribution is 2.26. The van der Waals surface area contributed by atoms with Gasteiger partial charge >= 0.3 is 0 Å². The molecule has 15 heavy (non-hydrogen) atoms. The Balaban J connectivity index is 2.89. The summed E-state index contributed by atoms with van der Waals surface area (Å²) in [4.78, 5) is 0. The predicted molar refractivity (Wildman–Crippen MR) is 64.5 cm³/mol. The first kappa shape index (κ1) is 12.1. The van der Waals surface area contributed by atoms with Gasteiger partial charge in [0.25, 0.3) is 0 Å². The highest BCUT2D eigenvalue weighted by atomic mass is 16.5. The van der Waals surface area contributed by atoms with Crippen molar-refractivity contribution in [3.05, 3.63) is 29.8 Å². The van der Waals surface area contributed by atoms with E-state index in [2.05, 4.69) is 37.4 Å². The number of ether oxygens (including phenoxy) is 1. The van der Waals surface area contributed by atoms with Gasteiger partial charge in [-0.2, -0.15) is 0 Å². The zero-order chi connectivity index (χ0) is 11.3. The van der Waals surface area contributed by atoms with Crippen molar-refractivity contribution in [2.24, 2.45) is 5.92 Å². The van der Waals surface area contributed by atoms with Crippen LogP contribution in [0.2, 0.25) is 0 Å². The van der Waals surface area contributed by atoms with E-state index in [1.807, 2.05) is 13.1 Å². The average molecular weight is 207 g/mol. The second-order valence-corrected chi connectivity index (χ2v) is 4.18. The van der Waals surface area contributed by atoms with E-state index in [-0.39, 0.29) is 0 Å². The van der Waals surface area contributed by atoms with E-state index < -0.39 is 0 Å². The number of hydrogen-bond acceptors (Lipinski definition) is 2. The maximum Gasteiger partial charge on any atom is 0.119 e. The van der Waals surface area contributed by atoms with Crippen LogP contribution in [0.4, 0.5) is 0 Å². The lowest BCUT2D eigenvalue weighted by Gasteiger charge is -2.21. The van der Waals surface area contributed by atoms with Crippen LogP contribution in [-0.4, -0.2) is 20.7 Å². The molecule has 0 aliphatic rings. The Hall–Kier alpha value is -1.02. The molecule has 0 bridgehead atoms. The summed E-state index contributed by atoms with van der Waals surface area (Å²) < 4.78 is 5.24. The lowest BCUT2D eigenvalue weighted by molar-refractivity contribution is 0.411. The topological polar surface area (TPSA) is 21.3 Å². The first-order valence-corrected chi connectivity index (χ1v) is 5.47. The molecule has 1 aromatic rings.